The van der Waals surface area contributed by atoms with Crippen LogP contribution in [0, 0.1) is 0 Å². The van der Waals surface area contributed by atoms with Gasteiger partial charge in [0, 0.05) is 44.7 Å². The predicted octanol–water partition coefficient (Wildman–Crippen LogP) is 2.85. The quantitative estimate of drug-likeness (QED) is 0.827. The standard InChI is InChI=1S/C21H32N2O2/c24-16-13-20-17-22(14-15-23(20)19-10-4-5-11-19)21(25)12-6-9-18-7-2-1-3-8-18/h1-3,7-8,19-20,24H,4-6,9-17H2/t20-/m0/s1. The molecule has 1 aromatic rings. The molecule has 2 fully saturated rings. The van der Waals surface area contributed by atoms with Crippen LogP contribution >= 0.6 is 0 Å². The lowest BCUT2D eigenvalue weighted by Crippen LogP contribution is -2.57. The van der Waals surface area contributed by atoms with Gasteiger partial charge in [0.15, 0.2) is 0 Å². The Hall–Kier alpha value is -1.39. The summed E-state index contributed by atoms with van der Waals surface area (Å²) in [7, 11) is 0. The van der Waals surface area contributed by atoms with Crippen LogP contribution in [0.5, 0.6) is 0 Å². The molecule has 3 rings (SSSR count). The lowest BCUT2D eigenvalue weighted by molar-refractivity contribution is -0.135. The maximum absolute atomic E-state index is 12.6. The molecule has 1 saturated heterocycles. The van der Waals surface area contributed by atoms with Gasteiger partial charge < -0.3 is 10.0 Å². The number of aryl methyl sites for hydroxylation is 1. The summed E-state index contributed by atoms with van der Waals surface area (Å²) in [6, 6.07) is 11.4. The number of nitrogens with zero attached hydrogens (tertiary/aromatic N) is 2. The Morgan fingerprint density at radius 3 is 2.60 bits per heavy atom. The summed E-state index contributed by atoms with van der Waals surface area (Å²) in [5.74, 6) is 0.282. The van der Waals surface area contributed by atoms with Crippen molar-refractivity contribution in [1.29, 1.82) is 0 Å². The summed E-state index contributed by atoms with van der Waals surface area (Å²) in [4.78, 5) is 17.2. The topological polar surface area (TPSA) is 43.8 Å². The second-order valence-corrected chi connectivity index (χ2v) is 7.52. The third kappa shape index (κ3) is 5.05. The van der Waals surface area contributed by atoms with Crippen molar-refractivity contribution in [3.63, 3.8) is 0 Å². The lowest BCUT2D eigenvalue weighted by Gasteiger charge is -2.44. The second kappa shape index (κ2) is 9.35. The highest BCUT2D eigenvalue weighted by Crippen LogP contribution is 2.28. The van der Waals surface area contributed by atoms with Crippen molar-refractivity contribution in [3.05, 3.63) is 35.9 Å². The number of carbonyl (C=O) groups excluding carboxylic acids is 1. The number of carbonyl (C=O) groups is 1. The summed E-state index contributed by atoms with van der Waals surface area (Å²) in [5.41, 5.74) is 1.31. The van der Waals surface area contributed by atoms with Crippen LogP contribution in [0.25, 0.3) is 0 Å². The summed E-state index contributed by atoms with van der Waals surface area (Å²) < 4.78 is 0. The van der Waals surface area contributed by atoms with Gasteiger partial charge in [-0.05, 0) is 37.7 Å². The minimum Gasteiger partial charge on any atom is -0.396 e. The lowest BCUT2D eigenvalue weighted by atomic mass is 10.0. The van der Waals surface area contributed by atoms with E-state index in [2.05, 4.69) is 29.2 Å². The number of hydrogen-bond donors (Lipinski definition) is 1. The van der Waals surface area contributed by atoms with E-state index in [1.165, 1.54) is 31.2 Å². The molecule has 1 aliphatic carbocycles. The van der Waals surface area contributed by atoms with Gasteiger partial charge in [-0.3, -0.25) is 9.69 Å². The van der Waals surface area contributed by atoms with Crippen LogP contribution in [0.3, 0.4) is 0 Å². The van der Waals surface area contributed by atoms with E-state index >= 15 is 0 Å². The highest BCUT2D eigenvalue weighted by Gasteiger charge is 2.34. The van der Waals surface area contributed by atoms with E-state index in [9.17, 15) is 9.90 Å². The average Bonchev–Trinajstić information content (AvgIpc) is 3.17. The third-order valence-corrected chi connectivity index (χ3v) is 5.84. The van der Waals surface area contributed by atoms with Crippen LogP contribution in [0.2, 0.25) is 0 Å². The minimum absolute atomic E-state index is 0.212. The van der Waals surface area contributed by atoms with Crippen molar-refractivity contribution in [3.8, 4) is 0 Å². The monoisotopic (exact) mass is 344 g/mol. The maximum atomic E-state index is 12.6. The van der Waals surface area contributed by atoms with E-state index in [0.29, 0.717) is 18.5 Å². The molecule has 0 unspecified atom stereocenters. The van der Waals surface area contributed by atoms with Gasteiger partial charge in [-0.1, -0.05) is 43.2 Å². The van der Waals surface area contributed by atoms with Gasteiger partial charge in [-0.15, -0.1) is 0 Å². The van der Waals surface area contributed by atoms with Crippen LogP contribution in [-0.4, -0.2) is 59.1 Å². The first-order valence-electron chi connectivity index (χ1n) is 9.96. The second-order valence-electron chi connectivity index (χ2n) is 7.52. The summed E-state index contributed by atoms with van der Waals surface area (Å²) in [5, 5.41) is 9.44. The number of amides is 1. The zero-order chi connectivity index (χ0) is 17.5. The van der Waals surface area contributed by atoms with Crippen molar-refractivity contribution in [2.45, 2.75) is 63.5 Å². The largest absolute Gasteiger partial charge is 0.396 e. The molecular formula is C21H32N2O2. The molecule has 4 nitrogen and oxygen atoms in total. The van der Waals surface area contributed by atoms with E-state index in [1.807, 2.05) is 11.0 Å². The third-order valence-electron chi connectivity index (χ3n) is 5.84. The first-order valence-corrected chi connectivity index (χ1v) is 9.96. The molecule has 1 atom stereocenters. The Morgan fingerprint density at radius 1 is 1.12 bits per heavy atom. The summed E-state index contributed by atoms with van der Waals surface area (Å²) in [6.07, 6.45) is 8.52. The first kappa shape index (κ1) is 18.4. The van der Waals surface area contributed by atoms with Gasteiger partial charge in [0.05, 0.1) is 0 Å². The Bertz CT molecular complexity index is 528. The van der Waals surface area contributed by atoms with E-state index in [4.69, 9.17) is 0 Å². The van der Waals surface area contributed by atoms with Gasteiger partial charge in [0.25, 0.3) is 0 Å². The number of hydrogen-bond acceptors (Lipinski definition) is 3. The van der Waals surface area contributed by atoms with Gasteiger partial charge >= 0.3 is 0 Å². The average molecular weight is 344 g/mol. The first-order chi connectivity index (χ1) is 12.3. The number of aliphatic hydroxyl groups excluding tert-OH is 1. The Labute approximate surface area is 151 Å². The van der Waals surface area contributed by atoms with E-state index in [-0.39, 0.29) is 12.5 Å². The minimum atomic E-state index is 0.212. The summed E-state index contributed by atoms with van der Waals surface area (Å²) >= 11 is 0. The SMILES string of the molecule is O=C(CCCc1ccccc1)N1CCN(C2CCCC2)[C@@H](CCO)C1. The van der Waals surface area contributed by atoms with Crippen molar-refractivity contribution in [2.24, 2.45) is 0 Å². The normalized spacial score (nSPS) is 22.4. The van der Waals surface area contributed by atoms with Gasteiger partial charge in [-0.25, -0.2) is 0 Å². The smallest absolute Gasteiger partial charge is 0.222 e. The fraction of sp³-hybridized carbons (Fsp3) is 0.667. The molecule has 0 radical (unpaired) electrons. The van der Waals surface area contributed by atoms with Crippen molar-refractivity contribution < 1.29 is 9.90 Å². The molecule has 0 aromatic heterocycles. The molecule has 25 heavy (non-hydrogen) atoms. The Morgan fingerprint density at radius 2 is 1.88 bits per heavy atom. The fourth-order valence-electron chi connectivity index (χ4n) is 4.47. The molecular weight excluding hydrogens is 312 g/mol. The predicted molar refractivity (Wildman–Crippen MR) is 100 cm³/mol. The molecule has 1 saturated carbocycles. The molecule has 2 aliphatic rings. The Kier molecular flexibility index (Phi) is 6.88. The number of benzene rings is 1. The van der Waals surface area contributed by atoms with Gasteiger partial charge in [0.2, 0.25) is 5.91 Å². The molecule has 138 valence electrons. The number of aliphatic hydroxyl groups is 1. The zero-order valence-electron chi connectivity index (χ0n) is 15.3. The zero-order valence-corrected chi connectivity index (χ0v) is 15.3. The van der Waals surface area contributed by atoms with Crippen LogP contribution in [0.1, 0.15) is 50.5 Å². The van der Waals surface area contributed by atoms with E-state index in [0.717, 1.165) is 38.9 Å². The molecule has 0 bridgehead atoms. The molecule has 1 aromatic carbocycles. The molecule has 1 amide bonds. The Balaban J connectivity index is 1.48. The highest BCUT2D eigenvalue weighted by molar-refractivity contribution is 5.76. The maximum Gasteiger partial charge on any atom is 0.222 e. The fourth-order valence-corrected chi connectivity index (χ4v) is 4.47. The van der Waals surface area contributed by atoms with Crippen molar-refractivity contribution in [1.82, 2.24) is 9.80 Å². The van der Waals surface area contributed by atoms with Gasteiger partial charge in [0.1, 0.15) is 0 Å². The summed E-state index contributed by atoms with van der Waals surface area (Å²) in [6.45, 7) is 2.83. The van der Waals surface area contributed by atoms with Gasteiger partial charge in [-0.2, -0.15) is 0 Å². The van der Waals surface area contributed by atoms with Crippen LogP contribution in [0.15, 0.2) is 30.3 Å². The molecule has 4 heteroatoms. The van der Waals surface area contributed by atoms with E-state index in [1.54, 1.807) is 0 Å². The van der Waals surface area contributed by atoms with E-state index < -0.39 is 0 Å². The van der Waals surface area contributed by atoms with Crippen LogP contribution < -0.4 is 0 Å². The highest BCUT2D eigenvalue weighted by atomic mass is 16.3. The number of piperazine rings is 1. The molecule has 1 heterocycles. The molecule has 1 aliphatic heterocycles. The van der Waals surface area contributed by atoms with Crippen molar-refractivity contribution >= 4 is 5.91 Å². The van der Waals surface area contributed by atoms with Crippen LogP contribution in [-0.2, 0) is 11.2 Å². The van der Waals surface area contributed by atoms with Crippen LogP contribution in [0.4, 0.5) is 0 Å². The molecule has 1 N–H and O–H groups in total. The number of rotatable bonds is 7. The van der Waals surface area contributed by atoms with Crippen molar-refractivity contribution in [2.75, 3.05) is 26.2 Å². The molecule has 0 spiro atoms.